The molecule has 3 rings (SSSR count). The average Bonchev–Trinajstić information content (AvgIpc) is 2.99. The van der Waals surface area contributed by atoms with Crippen molar-refractivity contribution < 1.29 is 8.42 Å². The first-order valence-corrected chi connectivity index (χ1v) is 8.84. The molecule has 2 aliphatic rings. The second-order valence-electron chi connectivity index (χ2n) is 5.78. The Labute approximate surface area is 120 Å². The van der Waals surface area contributed by atoms with Crippen molar-refractivity contribution in [3.8, 4) is 0 Å². The van der Waals surface area contributed by atoms with E-state index in [2.05, 4.69) is 19.6 Å². The third-order valence-electron chi connectivity index (χ3n) is 4.17. The third kappa shape index (κ3) is 3.05. The van der Waals surface area contributed by atoms with Crippen molar-refractivity contribution in [1.29, 1.82) is 0 Å². The zero-order valence-corrected chi connectivity index (χ0v) is 12.6. The molecular weight excluding hydrogens is 276 g/mol. The fourth-order valence-electron chi connectivity index (χ4n) is 2.77. The van der Waals surface area contributed by atoms with E-state index in [0.29, 0.717) is 24.7 Å². The standard InChI is InChI=1S/C13H22N4O2S/c1-2-12-14-8-13(16-12)20(18,19)15-7-10-5-6-17(9-10)11-3-4-11/h8,10-11,15H,2-7,9H2,1H3,(H,14,16). The molecule has 112 valence electrons. The lowest BCUT2D eigenvalue weighted by atomic mass is 10.1. The van der Waals surface area contributed by atoms with Crippen LogP contribution in [0.5, 0.6) is 0 Å². The molecule has 0 aromatic carbocycles. The van der Waals surface area contributed by atoms with Gasteiger partial charge >= 0.3 is 0 Å². The van der Waals surface area contributed by atoms with Gasteiger partial charge in [-0.15, -0.1) is 0 Å². The van der Waals surface area contributed by atoms with Crippen LogP contribution in [0.1, 0.15) is 32.0 Å². The molecule has 2 heterocycles. The molecule has 1 aromatic heterocycles. The van der Waals surface area contributed by atoms with E-state index in [1.165, 1.54) is 19.0 Å². The van der Waals surface area contributed by atoms with Gasteiger partial charge in [-0.1, -0.05) is 6.92 Å². The van der Waals surface area contributed by atoms with Gasteiger partial charge in [0.2, 0.25) is 0 Å². The van der Waals surface area contributed by atoms with Crippen molar-refractivity contribution in [2.45, 2.75) is 43.7 Å². The van der Waals surface area contributed by atoms with Gasteiger partial charge in [0.15, 0.2) is 5.03 Å². The van der Waals surface area contributed by atoms with E-state index < -0.39 is 10.0 Å². The van der Waals surface area contributed by atoms with E-state index in [9.17, 15) is 8.42 Å². The molecule has 2 N–H and O–H groups in total. The Morgan fingerprint density at radius 2 is 2.25 bits per heavy atom. The van der Waals surface area contributed by atoms with Crippen molar-refractivity contribution in [3.05, 3.63) is 12.0 Å². The van der Waals surface area contributed by atoms with E-state index in [0.717, 1.165) is 25.6 Å². The minimum absolute atomic E-state index is 0.173. The number of nitrogens with one attached hydrogen (secondary N) is 2. The van der Waals surface area contributed by atoms with Crippen molar-refractivity contribution in [3.63, 3.8) is 0 Å². The fourth-order valence-corrected chi connectivity index (χ4v) is 3.82. The van der Waals surface area contributed by atoms with Gasteiger partial charge in [0.25, 0.3) is 10.0 Å². The number of nitrogens with zero attached hydrogens (tertiary/aromatic N) is 2. The molecule has 2 fully saturated rings. The molecule has 1 aromatic rings. The molecule has 20 heavy (non-hydrogen) atoms. The van der Waals surface area contributed by atoms with Crippen molar-refractivity contribution >= 4 is 10.0 Å². The summed E-state index contributed by atoms with van der Waals surface area (Å²) in [5.41, 5.74) is 0. The van der Waals surface area contributed by atoms with Crippen LogP contribution >= 0.6 is 0 Å². The van der Waals surface area contributed by atoms with Gasteiger partial charge in [-0.05, 0) is 31.7 Å². The molecule has 6 nitrogen and oxygen atoms in total. The first-order chi connectivity index (χ1) is 9.58. The molecule has 1 atom stereocenters. The predicted molar refractivity (Wildman–Crippen MR) is 75.9 cm³/mol. The van der Waals surface area contributed by atoms with E-state index in [4.69, 9.17) is 0 Å². The Balaban J connectivity index is 1.54. The van der Waals surface area contributed by atoms with Crippen LogP contribution in [-0.4, -0.2) is 49.0 Å². The number of imidazole rings is 1. The van der Waals surface area contributed by atoms with Crippen LogP contribution < -0.4 is 4.72 Å². The van der Waals surface area contributed by atoms with Crippen LogP contribution in [0.3, 0.4) is 0 Å². The average molecular weight is 298 g/mol. The highest BCUT2D eigenvalue weighted by Crippen LogP contribution is 2.31. The minimum Gasteiger partial charge on any atom is -0.332 e. The maximum absolute atomic E-state index is 12.1. The van der Waals surface area contributed by atoms with Gasteiger partial charge < -0.3 is 9.88 Å². The Bertz CT molecular complexity index is 565. The van der Waals surface area contributed by atoms with E-state index in [1.807, 2.05) is 6.92 Å². The lowest BCUT2D eigenvalue weighted by Crippen LogP contribution is -2.31. The molecule has 0 amide bonds. The summed E-state index contributed by atoms with van der Waals surface area (Å²) >= 11 is 0. The smallest absolute Gasteiger partial charge is 0.257 e. The maximum atomic E-state index is 12.1. The third-order valence-corrected chi connectivity index (χ3v) is 5.51. The number of hydrogen-bond donors (Lipinski definition) is 2. The van der Waals surface area contributed by atoms with Gasteiger partial charge in [0, 0.05) is 25.6 Å². The highest BCUT2D eigenvalue weighted by atomic mass is 32.2. The second-order valence-corrected chi connectivity index (χ2v) is 7.52. The molecular formula is C13H22N4O2S. The van der Waals surface area contributed by atoms with Gasteiger partial charge in [0.05, 0.1) is 6.20 Å². The number of likely N-dealkylation sites (tertiary alicyclic amines) is 1. The van der Waals surface area contributed by atoms with Crippen LogP contribution in [0.4, 0.5) is 0 Å². The quantitative estimate of drug-likeness (QED) is 0.812. The first-order valence-electron chi connectivity index (χ1n) is 7.36. The largest absolute Gasteiger partial charge is 0.332 e. The minimum atomic E-state index is -3.45. The summed E-state index contributed by atoms with van der Waals surface area (Å²) in [7, 11) is -3.45. The molecule has 1 saturated carbocycles. The molecule has 1 saturated heterocycles. The normalized spacial score (nSPS) is 24.4. The number of hydrogen-bond acceptors (Lipinski definition) is 4. The van der Waals surface area contributed by atoms with Crippen LogP contribution in [0.15, 0.2) is 11.2 Å². The molecule has 1 aliphatic heterocycles. The van der Waals surface area contributed by atoms with Gasteiger partial charge in [-0.3, -0.25) is 0 Å². The number of aromatic amines is 1. The zero-order valence-electron chi connectivity index (χ0n) is 11.8. The van der Waals surface area contributed by atoms with Crippen LogP contribution in [0.25, 0.3) is 0 Å². The summed E-state index contributed by atoms with van der Waals surface area (Å²) in [6, 6.07) is 0.774. The van der Waals surface area contributed by atoms with E-state index in [-0.39, 0.29) is 5.03 Å². The number of sulfonamides is 1. The number of H-pyrrole nitrogens is 1. The van der Waals surface area contributed by atoms with Crippen molar-refractivity contribution in [2.75, 3.05) is 19.6 Å². The molecule has 7 heteroatoms. The zero-order chi connectivity index (χ0) is 14.2. The maximum Gasteiger partial charge on any atom is 0.257 e. The van der Waals surface area contributed by atoms with Crippen LogP contribution in [-0.2, 0) is 16.4 Å². The summed E-state index contributed by atoms with van der Waals surface area (Å²) in [4.78, 5) is 9.38. The predicted octanol–water partition coefficient (Wildman–Crippen LogP) is 0.735. The lowest BCUT2D eigenvalue weighted by molar-refractivity contribution is 0.314. The summed E-state index contributed by atoms with van der Waals surface area (Å²) in [5.74, 6) is 1.13. The van der Waals surface area contributed by atoms with Crippen molar-refractivity contribution in [1.82, 2.24) is 19.6 Å². The van der Waals surface area contributed by atoms with Crippen molar-refractivity contribution in [2.24, 2.45) is 5.92 Å². The highest BCUT2D eigenvalue weighted by molar-refractivity contribution is 7.89. The second kappa shape index (κ2) is 5.46. The van der Waals surface area contributed by atoms with Gasteiger partial charge in [-0.25, -0.2) is 18.1 Å². The fraction of sp³-hybridized carbons (Fsp3) is 0.769. The molecule has 0 spiro atoms. The highest BCUT2D eigenvalue weighted by Gasteiger charge is 2.34. The van der Waals surface area contributed by atoms with Crippen LogP contribution in [0.2, 0.25) is 0 Å². The number of aryl methyl sites for hydroxylation is 1. The Morgan fingerprint density at radius 3 is 2.90 bits per heavy atom. The molecule has 0 radical (unpaired) electrons. The summed E-state index contributed by atoms with van der Waals surface area (Å²) in [6.07, 6.45) is 5.81. The van der Waals surface area contributed by atoms with E-state index in [1.54, 1.807) is 0 Å². The number of rotatable bonds is 6. The monoisotopic (exact) mass is 298 g/mol. The summed E-state index contributed by atoms with van der Waals surface area (Å²) in [6.45, 7) is 4.59. The topological polar surface area (TPSA) is 78.1 Å². The van der Waals surface area contributed by atoms with Gasteiger partial charge in [-0.2, -0.15) is 0 Å². The molecule has 1 aliphatic carbocycles. The molecule has 1 unspecified atom stereocenters. The van der Waals surface area contributed by atoms with E-state index >= 15 is 0 Å². The summed E-state index contributed by atoms with van der Waals surface area (Å²) in [5, 5.41) is 0.173. The van der Waals surface area contributed by atoms with Gasteiger partial charge in [0.1, 0.15) is 5.82 Å². The van der Waals surface area contributed by atoms with Crippen LogP contribution in [0, 0.1) is 5.92 Å². The molecule has 0 bridgehead atoms. The Kier molecular flexibility index (Phi) is 3.83. The number of aromatic nitrogens is 2. The Hall–Kier alpha value is -0.920. The Morgan fingerprint density at radius 1 is 1.45 bits per heavy atom. The summed E-state index contributed by atoms with van der Waals surface area (Å²) < 4.78 is 27.0. The first kappa shape index (κ1) is 14.0. The lowest BCUT2D eigenvalue weighted by Gasteiger charge is -2.14. The SMILES string of the molecule is CCc1ncc(S(=O)(=O)NCC2CCN(C3CC3)C2)[nH]1.